The Bertz CT molecular complexity index is 150. The van der Waals surface area contributed by atoms with Crippen LogP contribution in [0.15, 0.2) is 0 Å². The number of nitrogens with zero attached hydrogens (tertiary/aromatic N) is 1. The first-order valence-electron chi connectivity index (χ1n) is 5.86. The van der Waals surface area contributed by atoms with Gasteiger partial charge in [-0.2, -0.15) is 0 Å². The molecule has 0 aromatic rings. The summed E-state index contributed by atoms with van der Waals surface area (Å²) in [6, 6.07) is 0.834. The minimum absolute atomic E-state index is 0.794. The molecule has 0 saturated carbocycles. The number of piperidine rings is 1. The van der Waals surface area contributed by atoms with Crippen molar-refractivity contribution < 1.29 is 0 Å². The van der Waals surface area contributed by atoms with E-state index >= 15 is 0 Å². The molecule has 0 radical (unpaired) electrons. The quantitative estimate of drug-likeness (QED) is 0.667. The number of nitrogens with two attached hydrogens (primary N) is 1. The molecule has 1 unspecified atom stereocenters. The predicted molar refractivity (Wildman–Crippen MR) is 55.6 cm³/mol. The molecule has 0 aromatic heterocycles. The van der Waals surface area contributed by atoms with Crippen molar-refractivity contribution in [2.45, 2.75) is 44.6 Å². The predicted octanol–water partition coefficient (Wildman–Crippen LogP) is 1.60. The van der Waals surface area contributed by atoms with E-state index in [1.807, 2.05) is 0 Å². The van der Waals surface area contributed by atoms with E-state index in [4.69, 9.17) is 5.73 Å². The Morgan fingerprint density at radius 2 is 1.69 bits per heavy atom. The Morgan fingerprint density at radius 1 is 1.00 bits per heavy atom. The van der Waals surface area contributed by atoms with Gasteiger partial charge in [-0.3, -0.25) is 0 Å². The largest absolute Gasteiger partial charge is 0.330 e. The third kappa shape index (κ3) is 2.05. The van der Waals surface area contributed by atoms with Crippen LogP contribution in [0, 0.1) is 5.92 Å². The van der Waals surface area contributed by atoms with Gasteiger partial charge in [0.25, 0.3) is 0 Å². The Kier molecular flexibility index (Phi) is 3.23. The third-order valence-corrected chi connectivity index (χ3v) is 3.78. The zero-order valence-corrected chi connectivity index (χ0v) is 8.54. The van der Waals surface area contributed by atoms with E-state index in [1.165, 1.54) is 51.6 Å². The highest BCUT2D eigenvalue weighted by Gasteiger charge is 2.30. The van der Waals surface area contributed by atoms with Crippen LogP contribution < -0.4 is 5.73 Å². The number of fused-ring (bicyclic) bond motifs is 1. The van der Waals surface area contributed by atoms with Gasteiger partial charge in [-0.05, 0) is 51.2 Å². The maximum absolute atomic E-state index is 5.85. The van der Waals surface area contributed by atoms with E-state index < -0.39 is 0 Å². The van der Waals surface area contributed by atoms with Gasteiger partial charge < -0.3 is 10.6 Å². The molecule has 2 rings (SSSR count). The maximum Gasteiger partial charge on any atom is 0.0136 e. The standard InChI is InChI=1S/C11H22N2/c12-9-10-5-1-3-7-13-8-4-2-6-11(10)13/h10-11H,1-9,12H2/t10?,11-/m1/s1. The second-order valence-corrected chi connectivity index (χ2v) is 4.59. The van der Waals surface area contributed by atoms with E-state index in [2.05, 4.69) is 4.90 Å². The molecule has 2 saturated heterocycles. The summed E-state index contributed by atoms with van der Waals surface area (Å²) < 4.78 is 0. The number of hydrogen-bond donors (Lipinski definition) is 1. The first kappa shape index (κ1) is 9.47. The summed E-state index contributed by atoms with van der Waals surface area (Å²) in [5.41, 5.74) is 5.85. The Hall–Kier alpha value is -0.0800. The van der Waals surface area contributed by atoms with Crippen molar-refractivity contribution in [2.24, 2.45) is 11.7 Å². The molecule has 13 heavy (non-hydrogen) atoms. The maximum atomic E-state index is 5.85. The van der Waals surface area contributed by atoms with Crippen molar-refractivity contribution in [3.8, 4) is 0 Å². The second-order valence-electron chi connectivity index (χ2n) is 4.59. The zero-order chi connectivity index (χ0) is 9.10. The fourth-order valence-corrected chi connectivity index (χ4v) is 3.02. The van der Waals surface area contributed by atoms with Crippen molar-refractivity contribution in [1.29, 1.82) is 0 Å². The van der Waals surface area contributed by atoms with Gasteiger partial charge >= 0.3 is 0 Å². The van der Waals surface area contributed by atoms with Gasteiger partial charge in [0, 0.05) is 6.04 Å². The summed E-state index contributed by atoms with van der Waals surface area (Å²) in [7, 11) is 0. The van der Waals surface area contributed by atoms with E-state index in [-0.39, 0.29) is 0 Å². The lowest BCUT2D eigenvalue weighted by molar-refractivity contribution is 0.115. The normalized spacial score (nSPS) is 36.7. The lowest BCUT2D eigenvalue weighted by Crippen LogP contribution is -2.45. The summed E-state index contributed by atoms with van der Waals surface area (Å²) in [6.07, 6.45) is 8.41. The molecule has 2 fully saturated rings. The SMILES string of the molecule is NCC1CCCCN2CCCC[C@H]12. The van der Waals surface area contributed by atoms with Crippen LogP contribution >= 0.6 is 0 Å². The van der Waals surface area contributed by atoms with Crippen LogP contribution in [-0.4, -0.2) is 30.6 Å². The topological polar surface area (TPSA) is 29.3 Å². The fourth-order valence-electron chi connectivity index (χ4n) is 3.02. The number of rotatable bonds is 1. The van der Waals surface area contributed by atoms with Crippen molar-refractivity contribution in [2.75, 3.05) is 19.6 Å². The minimum Gasteiger partial charge on any atom is -0.330 e. The summed E-state index contributed by atoms with van der Waals surface area (Å²) in [5, 5.41) is 0. The van der Waals surface area contributed by atoms with Gasteiger partial charge in [0.15, 0.2) is 0 Å². The molecule has 0 aliphatic carbocycles. The summed E-state index contributed by atoms with van der Waals surface area (Å²) >= 11 is 0. The monoisotopic (exact) mass is 182 g/mol. The van der Waals surface area contributed by atoms with Crippen LogP contribution in [0.4, 0.5) is 0 Å². The molecular formula is C11H22N2. The van der Waals surface area contributed by atoms with E-state index in [0.717, 1.165) is 18.5 Å². The highest BCUT2D eigenvalue weighted by atomic mass is 15.2. The summed E-state index contributed by atoms with van der Waals surface area (Å²) in [5.74, 6) is 0.794. The highest BCUT2D eigenvalue weighted by molar-refractivity contribution is 4.85. The number of hydrogen-bond acceptors (Lipinski definition) is 2. The molecule has 0 bridgehead atoms. The average molecular weight is 182 g/mol. The minimum atomic E-state index is 0.794. The molecule has 2 heterocycles. The van der Waals surface area contributed by atoms with Gasteiger partial charge in [0.05, 0.1) is 0 Å². The third-order valence-electron chi connectivity index (χ3n) is 3.78. The smallest absolute Gasteiger partial charge is 0.0136 e. The molecule has 2 aliphatic heterocycles. The first-order chi connectivity index (χ1) is 6.42. The molecule has 2 nitrogen and oxygen atoms in total. The lowest BCUT2D eigenvalue weighted by Gasteiger charge is -2.38. The van der Waals surface area contributed by atoms with E-state index in [9.17, 15) is 0 Å². The van der Waals surface area contributed by atoms with Crippen LogP contribution in [0.2, 0.25) is 0 Å². The lowest BCUT2D eigenvalue weighted by atomic mass is 9.89. The van der Waals surface area contributed by atoms with E-state index in [1.54, 1.807) is 0 Å². The molecule has 2 aliphatic rings. The van der Waals surface area contributed by atoms with Gasteiger partial charge in [-0.1, -0.05) is 12.8 Å². The summed E-state index contributed by atoms with van der Waals surface area (Å²) in [4.78, 5) is 2.70. The van der Waals surface area contributed by atoms with Gasteiger partial charge in [0.2, 0.25) is 0 Å². The average Bonchev–Trinajstić information content (AvgIpc) is 2.39. The molecule has 0 amide bonds. The molecule has 76 valence electrons. The van der Waals surface area contributed by atoms with Crippen molar-refractivity contribution >= 4 is 0 Å². The zero-order valence-electron chi connectivity index (χ0n) is 8.54. The Labute approximate surface area is 81.5 Å². The fraction of sp³-hybridized carbons (Fsp3) is 1.00. The Morgan fingerprint density at radius 3 is 2.38 bits per heavy atom. The molecule has 2 heteroatoms. The molecule has 0 spiro atoms. The molecule has 2 atom stereocenters. The molecule has 2 N–H and O–H groups in total. The molecular weight excluding hydrogens is 160 g/mol. The highest BCUT2D eigenvalue weighted by Crippen LogP contribution is 2.29. The van der Waals surface area contributed by atoms with Crippen molar-refractivity contribution in [3.63, 3.8) is 0 Å². The molecule has 0 aromatic carbocycles. The second kappa shape index (κ2) is 4.43. The van der Waals surface area contributed by atoms with E-state index in [0.29, 0.717) is 0 Å². The van der Waals surface area contributed by atoms with Crippen molar-refractivity contribution in [3.05, 3.63) is 0 Å². The van der Waals surface area contributed by atoms with Gasteiger partial charge in [-0.25, -0.2) is 0 Å². The van der Waals surface area contributed by atoms with Crippen LogP contribution in [0.5, 0.6) is 0 Å². The van der Waals surface area contributed by atoms with Crippen LogP contribution in [0.1, 0.15) is 38.5 Å². The van der Waals surface area contributed by atoms with Gasteiger partial charge in [-0.15, -0.1) is 0 Å². The van der Waals surface area contributed by atoms with Crippen molar-refractivity contribution in [1.82, 2.24) is 4.90 Å². The van der Waals surface area contributed by atoms with Crippen LogP contribution in [0.3, 0.4) is 0 Å². The van der Waals surface area contributed by atoms with Crippen LogP contribution in [-0.2, 0) is 0 Å². The van der Waals surface area contributed by atoms with Crippen LogP contribution in [0.25, 0.3) is 0 Å². The Balaban J connectivity index is 2.02. The first-order valence-corrected chi connectivity index (χ1v) is 5.86. The van der Waals surface area contributed by atoms with Gasteiger partial charge in [0.1, 0.15) is 0 Å². The summed E-state index contributed by atoms with van der Waals surface area (Å²) in [6.45, 7) is 3.57.